The van der Waals surface area contributed by atoms with Crippen LogP contribution in [0.25, 0.3) is 0 Å². The Labute approximate surface area is 142 Å². The molecule has 2 rings (SSSR count). The monoisotopic (exact) mass is 326 g/mol. The number of hydrogen-bond donors (Lipinski definition) is 0. The third kappa shape index (κ3) is 5.54. The van der Waals surface area contributed by atoms with Crippen LogP contribution in [0.2, 0.25) is 0 Å². The molecular weight excluding hydrogens is 304 g/mol. The second kappa shape index (κ2) is 8.87. The summed E-state index contributed by atoms with van der Waals surface area (Å²) >= 11 is 0. The summed E-state index contributed by atoms with van der Waals surface area (Å²) in [4.78, 5) is 22.6. The number of methoxy groups -OCH3 is 1. The molecule has 2 aromatic rings. The highest BCUT2D eigenvalue weighted by molar-refractivity contribution is 5.97. The summed E-state index contributed by atoms with van der Waals surface area (Å²) < 4.78 is 11.2. The van der Waals surface area contributed by atoms with Gasteiger partial charge in [0.25, 0.3) is 0 Å². The van der Waals surface area contributed by atoms with Gasteiger partial charge < -0.3 is 9.47 Å². The number of ketones is 2. The maximum absolute atomic E-state index is 11.6. The summed E-state index contributed by atoms with van der Waals surface area (Å²) in [6.45, 7) is 1.90. The van der Waals surface area contributed by atoms with E-state index in [2.05, 4.69) is 0 Å². The first kappa shape index (κ1) is 17.7. The van der Waals surface area contributed by atoms with Gasteiger partial charge in [-0.3, -0.25) is 9.59 Å². The minimum absolute atomic E-state index is 0.00933. The number of ether oxygens (including phenoxy) is 2. The first-order valence-electron chi connectivity index (χ1n) is 7.93. The molecular formula is C20H22O4. The molecule has 0 heterocycles. The van der Waals surface area contributed by atoms with Crippen molar-refractivity contribution in [3.63, 3.8) is 0 Å². The number of hydrogen-bond acceptors (Lipinski definition) is 4. The summed E-state index contributed by atoms with van der Waals surface area (Å²) in [6.07, 6.45) is 0.948. The van der Waals surface area contributed by atoms with Crippen LogP contribution >= 0.6 is 0 Å². The number of Topliss-reactive ketones (excluding diaryl/α,β-unsaturated/α-hetero) is 2. The van der Waals surface area contributed by atoms with Gasteiger partial charge in [-0.05, 0) is 36.6 Å². The molecule has 0 aliphatic carbocycles. The van der Waals surface area contributed by atoms with E-state index in [0.29, 0.717) is 30.9 Å². The van der Waals surface area contributed by atoms with Crippen molar-refractivity contribution in [3.05, 3.63) is 59.7 Å². The van der Waals surface area contributed by atoms with Crippen molar-refractivity contribution in [2.75, 3.05) is 7.11 Å². The molecule has 4 heteroatoms. The second-order valence-electron chi connectivity index (χ2n) is 5.68. The van der Waals surface area contributed by atoms with Crippen LogP contribution in [0.4, 0.5) is 0 Å². The number of aryl methyl sites for hydroxylation is 1. The molecule has 0 unspecified atom stereocenters. The van der Waals surface area contributed by atoms with E-state index in [0.717, 1.165) is 11.1 Å². The van der Waals surface area contributed by atoms with Crippen molar-refractivity contribution in [3.8, 4) is 11.5 Å². The van der Waals surface area contributed by atoms with Crippen LogP contribution in [0.15, 0.2) is 48.5 Å². The normalized spacial score (nSPS) is 10.2. The topological polar surface area (TPSA) is 52.6 Å². The molecule has 0 atom stereocenters. The molecule has 2 aromatic carbocycles. The van der Waals surface area contributed by atoms with Crippen LogP contribution in [-0.2, 0) is 22.6 Å². The van der Waals surface area contributed by atoms with E-state index in [1.165, 1.54) is 6.92 Å². The Hall–Kier alpha value is -2.62. The average molecular weight is 326 g/mol. The average Bonchev–Trinajstić information content (AvgIpc) is 2.58. The summed E-state index contributed by atoms with van der Waals surface area (Å²) in [7, 11) is 1.59. The van der Waals surface area contributed by atoms with Gasteiger partial charge in [-0.25, -0.2) is 0 Å². The Morgan fingerprint density at radius 2 is 1.71 bits per heavy atom. The van der Waals surface area contributed by atoms with Gasteiger partial charge in [0.05, 0.1) is 13.5 Å². The molecule has 0 N–H and O–H groups in total. The molecule has 0 aromatic heterocycles. The van der Waals surface area contributed by atoms with Crippen molar-refractivity contribution in [2.45, 2.75) is 32.8 Å². The lowest BCUT2D eigenvalue weighted by Gasteiger charge is -2.12. The summed E-state index contributed by atoms with van der Waals surface area (Å²) in [5.74, 6) is 1.18. The van der Waals surface area contributed by atoms with Gasteiger partial charge in [0.2, 0.25) is 0 Å². The first-order chi connectivity index (χ1) is 11.6. The number of benzene rings is 2. The molecule has 0 bridgehead atoms. The van der Waals surface area contributed by atoms with Crippen molar-refractivity contribution in [2.24, 2.45) is 0 Å². The highest BCUT2D eigenvalue weighted by Gasteiger charge is 2.09. The van der Waals surface area contributed by atoms with Crippen LogP contribution in [-0.4, -0.2) is 18.7 Å². The molecule has 0 aliphatic heterocycles. The van der Waals surface area contributed by atoms with E-state index in [1.54, 1.807) is 7.11 Å². The van der Waals surface area contributed by atoms with Crippen LogP contribution in [0.1, 0.15) is 30.9 Å². The first-order valence-corrected chi connectivity index (χ1v) is 7.93. The van der Waals surface area contributed by atoms with Crippen molar-refractivity contribution in [1.82, 2.24) is 0 Å². The van der Waals surface area contributed by atoms with Crippen LogP contribution in [0.3, 0.4) is 0 Å². The molecule has 24 heavy (non-hydrogen) atoms. The molecule has 4 nitrogen and oxygen atoms in total. The maximum atomic E-state index is 11.6. The fourth-order valence-corrected chi connectivity index (χ4v) is 2.37. The van der Waals surface area contributed by atoms with Crippen molar-refractivity contribution >= 4 is 11.6 Å². The SMILES string of the molecule is COc1cc(CCC(=O)CC(C)=O)ccc1OCc1ccccc1. The molecule has 126 valence electrons. The highest BCUT2D eigenvalue weighted by atomic mass is 16.5. The Morgan fingerprint density at radius 1 is 0.958 bits per heavy atom. The Kier molecular flexibility index (Phi) is 6.55. The van der Waals surface area contributed by atoms with E-state index in [9.17, 15) is 9.59 Å². The molecule has 0 amide bonds. The standard InChI is InChI=1S/C20H22O4/c1-15(21)12-18(22)10-8-16-9-11-19(20(13-16)23-2)24-14-17-6-4-3-5-7-17/h3-7,9,11,13H,8,10,12,14H2,1-2H3. The highest BCUT2D eigenvalue weighted by Crippen LogP contribution is 2.29. The second-order valence-corrected chi connectivity index (χ2v) is 5.68. The Balaban J connectivity index is 1.96. The van der Waals surface area contributed by atoms with Crippen LogP contribution in [0, 0.1) is 0 Å². The van der Waals surface area contributed by atoms with Crippen LogP contribution < -0.4 is 9.47 Å². The van der Waals surface area contributed by atoms with Crippen LogP contribution in [0.5, 0.6) is 11.5 Å². The van der Waals surface area contributed by atoms with E-state index in [4.69, 9.17) is 9.47 Å². The lowest BCUT2D eigenvalue weighted by Crippen LogP contribution is -2.05. The fourth-order valence-electron chi connectivity index (χ4n) is 2.37. The molecule has 0 fully saturated rings. The molecule has 0 saturated heterocycles. The quantitative estimate of drug-likeness (QED) is 0.659. The largest absolute Gasteiger partial charge is 0.493 e. The smallest absolute Gasteiger partial charge is 0.161 e. The van der Waals surface area contributed by atoms with Gasteiger partial charge in [-0.1, -0.05) is 36.4 Å². The molecule has 0 aliphatic rings. The van der Waals surface area contributed by atoms with Gasteiger partial charge in [0.15, 0.2) is 11.5 Å². The predicted octanol–water partition coefficient (Wildman–Crippen LogP) is 3.76. The van der Waals surface area contributed by atoms with Gasteiger partial charge >= 0.3 is 0 Å². The van der Waals surface area contributed by atoms with E-state index in [1.807, 2.05) is 48.5 Å². The van der Waals surface area contributed by atoms with Crippen molar-refractivity contribution < 1.29 is 19.1 Å². The van der Waals surface area contributed by atoms with E-state index in [-0.39, 0.29) is 18.0 Å². The van der Waals surface area contributed by atoms with Gasteiger partial charge in [-0.15, -0.1) is 0 Å². The minimum atomic E-state index is -0.0951. The fraction of sp³-hybridized carbons (Fsp3) is 0.300. The van der Waals surface area contributed by atoms with E-state index >= 15 is 0 Å². The number of rotatable bonds is 9. The lowest BCUT2D eigenvalue weighted by molar-refractivity contribution is -0.125. The summed E-state index contributed by atoms with van der Waals surface area (Å²) in [5, 5.41) is 0. The predicted molar refractivity (Wildman–Crippen MR) is 92.4 cm³/mol. The van der Waals surface area contributed by atoms with Crippen molar-refractivity contribution in [1.29, 1.82) is 0 Å². The Bertz CT molecular complexity index is 692. The van der Waals surface area contributed by atoms with Gasteiger partial charge in [0, 0.05) is 6.42 Å². The van der Waals surface area contributed by atoms with Gasteiger partial charge in [0.1, 0.15) is 18.2 Å². The number of carbonyl (C=O) groups excluding carboxylic acids is 2. The molecule has 0 spiro atoms. The molecule has 0 saturated carbocycles. The zero-order valence-electron chi connectivity index (χ0n) is 14.1. The maximum Gasteiger partial charge on any atom is 0.161 e. The van der Waals surface area contributed by atoms with Gasteiger partial charge in [-0.2, -0.15) is 0 Å². The third-order valence-electron chi connectivity index (χ3n) is 3.60. The lowest BCUT2D eigenvalue weighted by atomic mass is 10.0. The zero-order valence-corrected chi connectivity index (χ0v) is 14.1. The Morgan fingerprint density at radius 3 is 2.38 bits per heavy atom. The zero-order chi connectivity index (χ0) is 17.4. The third-order valence-corrected chi connectivity index (χ3v) is 3.60. The number of carbonyl (C=O) groups is 2. The molecule has 0 radical (unpaired) electrons. The summed E-state index contributed by atoms with van der Waals surface area (Å²) in [5.41, 5.74) is 2.06. The van der Waals surface area contributed by atoms with E-state index < -0.39 is 0 Å². The summed E-state index contributed by atoms with van der Waals surface area (Å²) in [6, 6.07) is 15.6. The minimum Gasteiger partial charge on any atom is -0.493 e.